The van der Waals surface area contributed by atoms with Gasteiger partial charge in [0.2, 0.25) is 0 Å². The fraction of sp³-hybridized carbons (Fsp3) is 0.647. The largest absolute Gasteiger partial charge is 0.378 e. The molecule has 2 amide bonds. The van der Waals surface area contributed by atoms with Crippen molar-refractivity contribution in [2.24, 2.45) is 11.8 Å². The lowest BCUT2D eigenvalue weighted by molar-refractivity contribution is 0.0443. The van der Waals surface area contributed by atoms with Crippen LogP contribution in [0.25, 0.3) is 0 Å². The Bertz CT molecular complexity index is 533. The van der Waals surface area contributed by atoms with Crippen molar-refractivity contribution in [3.63, 3.8) is 0 Å². The summed E-state index contributed by atoms with van der Waals surface area (Å²) in [6, 6.07) is 4.34. The Morgan fingerprint density at radius 1 is 1.13 bits per heavy atom. The molecule has 1 aromatic rings. The minimum atomic E-state index is 0.210. The molecule has 3 aliphatic heterocycles. The van der Waals surface area contributed by atoms with Crippen LogP contribution in [0.2, 0.25) is 0 Å². The summed E-state index contributed by atoms with van der Waals surface area (Å²) in [5.74, 6) is 1.24. The zero-order valence-electron chi connectivity index (χ0n) is 13.4. The van der Waals surface area contributed by atoms with E-state index >= 15 is 0 Å². The minimum Gasteiger partial charge on any atom is -0.378 e. The van der Waals surface area contributed by atoms with Gasteiger partial charge in [-0.1, -0.05) is 6.07 Å². The second kappa shape index (κ2) is 6.45. The number of hydrogen-bond donors (Lipinski definition) is 0. The lowest BCUT2D eigenvalue weighted by Gasteiger charge is -2.31. The molecule has 0 aliphatic carbocycles. The summed E-state index contributed by atoms with van der Waals surface area (Å²) >= 11 is 0. The second-order valence-corrected chi connectivity index (χ2v) is 6.86. The van der Waals surface area contributed by atoms with Crippen LogP contribution in [0.15, 0.2) is 24.5 Å². The molecule has 0 radical (unpaired) electrons. The van der Waals surface area contributed by atoms with E-state index in [9.17, 15) is 4.79 Å². The van der Waals surface area contributed by atoms with Gasteiger partial charge in [-0.05, 0) is 23.5 Å². The SMILES string of the molecule is O=C(N1CCOCC1)N1C[C@H]2CN(Cc3cccnc3)C[C@H]2C1. The maximum atomic E-state index is 12.6. The molecule has 4 heterocycles. The summed E-state index contributed by atoms with van der Waals surface area (Å²) < 4.78 is 5.33. The zero-order valence-corrected chi connectivity index (χ0v) is 13.4. The number of carbonyl (C=O) groups is 1. The first-order chi connectivity index (χ1) is 11.3. The van der Waals surface area contributed by atoms with Crippen molar-refractivity contribution in [3.8, 4) is 0 Å². The molecule has 0 N–H and O–H groups in total. The molecule has 2 atom stereocenters. The lowest BCUT2D eigenvalue weighted by atomic mass is 10.0. The Morgan fingerprint density at radius 2 is 1.87 bits per heavy atom. The highest BCUT2D eigenvalue weighted by Gasteiger charge is 2.42. The number of urea groups is 1. The predicted molar refractivity (Wildman–Crippen MR) is 85.9 cm³/mol. The highest BCUT2D eigenvalue weighted by Crippen LogP contribution is 2.32. The van der Waals surface area contributed by atoms with E-state index in [1.807, 2.05) is 23.4 Å². The Labute approximate surface area is 137 Å². The van der Waals surface area contributed by atoms with Crippen molar-refractivity contribution in [1.82, 2.24) is 19.7 Å². The molecule has 0 bridgehead atoms. The van der Waals surface area contributed by atoms with Crippen LogP contribution in [-0.4, -0.2) is 78.2 Å². The standard InChI is InChI=1S/C17H24N4O2/c22-17(20-4-6-23-7-5-20)21-12-15-10-19(11-16(15)13-21)9-14-2-1-3-18-8-14/h1-3,8,15-16H,4-7,9-13H2/t15-,16+. The maximum Gasteiger partial charge on any atom is 0.320 e. The topological polar surface area (TPSA) is 48.9 Å². The molecule has 1 aromatic heterocycles. The van der Waals surface area contributed by atoms with Gasteiger partial charge in [0.15, 0.2) is 0 Å². The summed E-state index contributed by atoms with van der Waals surface area (Å²) in [4.78, 5) is 23.3. The van der Waals surface area contributed by atoms with E-state index in [1.165, 1.54) is 5.56 Å². The van der Waals surface area contributed by atoms with Crippen molar-refractivity contribution in [2.45, 2.75) is 6.54 Å². The number of rotatable bonds is 2. The van der Waals surface area contributed by atoms with E-state index < -0.39 is 0 Å². The van der Waals surface area contributed by atoms with Crippen LogP contribution in [0, 0.1) is 11.8 Å². The first kappa shape index (κ1) is 14.9. The molecule has 0 aromatic carbocycles. The summed E-state index contributed by atoms with van der Waals surface area (Å²) in [7, 11) is 0. The average Bonchev–Trinajstić information content (AvgIpc) is 3.14. The van der Waals surface area contributed by atoms with Crippen LogP contribution in [-0.2, 0) is 11.3 Å². The van der Waals surface area contributed by atoms with Crippen molar-refractivity contribution in [1.29, 1.82) is 0 Å². The van der Waals surface area contributed by atoms with Gasteiger partial charge < -0.3 is 14.5 Å². The molecule has 3 aliphatic rings. The van der Waals surface area contributed by atoms with Gasteiger partial charge in [0.05, 0.1) is 13.2 Å². The third-order valence-electron chi connectivity index (χ3n) is 5.24. The minimum absolute atomic E-state index is 0.210. The van der Waals surface area contributed by atoms with Gasteiger partial charge >= 0.3 is 6.03 Å². The highest BCUT2D eigenvalue weighted by atomic mass is 16.5. The van der Waals surface area contributed by atoms with E-state index in [0.717, 1.165) is 45.8 Å². The average molecular weight is 316 g/mol. The van der Waals surface area contributed by atoms with E-state index in [1.54, 1.807) is 0 Å². The fourth-order valence-corrected chi connectivity index (χ4v) is 4.08. The van der Waals surface area contributed by atoms with Crippen molar-refractivity contribution >= 4 is 6.03 Å². The van der Waals surface area contributed by atoms with E-state index in [-0.39, 0.29) is 6.03 Å². The van der Waals surface area contributed by atoms with Gasteiger partial charge in [0, 0.05) is 58.2 Å². The third kappa shape index (κ3) is 3.19. The summed E-state index contributed by atoms with van der Waals surface area (Å²) in [6.07, 6.45) is 3.76. The van der Waals surface area contributed by atoms with E-state index in [2.05, 4.69) is 20.9 Å². The fourth-order valence-electron chi connectivity index (χ4n) is 4.08. The smallest absolute Gasteiger partial charge is 0.320 e. The van der Waals surface area contributed by atoms with Crippen LogP contribution in [0.4, 0.5) is 4.79 Å². The van der Waals surface area contributed by atoms with Gasteiger partial charge in [0.1, 0.15) is 0 Å². The summed E-state index contributed by atoms with van der Waals surface area (Å²) in [6.45, 7) is 7.78. The van der Waals surface area contributed by atoms with Crippen molar-refractivity contribution in [3.05, 3.63) is 30.1 Å². The first-order valence-electron chi connectivity index (χ1n) is 8.52. The summed E-state index contributed by atoms with van der Waals surface area (Å²) in [5, 5.41) is 0. The Morgan fingerprint density at radius 3 is 2.52 bits per heavy atom. The number of hydrogen-bond acceptors (Lipinski definition) is 4. The van der Waals surface area contributed by atoms with Gasteiger partial charge in [-0.3, -0.25) is 9.88 Å². The number of aromatic nitrogens is 1. The molecule has 0 spiro atoms. The van der Waals surface area contributed by atoms with Gasteiger partial charge in [-0.15, -0.1) is 0 Å². The van der Waals surface area contributed by atoms with Crippen LogP contribution < -0.4 is 0 Å². The maximum absolute atomic E-state index is 12.6. The second-order valence-electron chi connectivity index (χ2n) is 6.86. The zero-order chi connectivity index (χ0) is 15.6. The molecule has 3 saturated heterocycles. The van der Waals surface area contributed by atoms with Gasteiger partial charge in [-0.2, -0.15) is 0 Å². The number of likely N-dealkylation sites (tertiary alicyclic amines) is 2. The van der Waals surface area contributed by atoms with Crippen LogP contribution in [0.3, 0.4) is 0 Å². The third-order valence-corrected chi connectivity index (χ3v) is 5.24. The number of pyridine rings is 1. The number of ether oxygens (including phenoxy) is 1. The lowest BCUT2D eigenvalue weighted by Crippen LogP contribution is -2.48. The predicted octanol–water partition coefficient (Wildman–Crippen LogP) is 0.897. The highest BCUT2D eigenvalue weighted by molar-refractivity contribution is 5.75. The first-order valence-corrected chi connectivity index (χ1v) is 8.52. The Kier molecular flexibility index (Phi) is 4.18. The summed E-state index contributed by atoms with van der Waals surface area (Å²) in [5.41, 5.74) is 1.27. The van der Waals surface area contributed by atoms with Crippen LogP contribution >= 0.6 is 0 Å². The van der Waals surface area contributed by atoms with Crippen LogP contribution in [0.1, 0.15) is 5.56 Å². The van der Waals surface area contributed by atoms with Gasteiger partial charge in [-0.25, -0.2) is 4.79 Å². The Hall–Kier alpha value is -1.66. The Balaban J connectivity index is 1.30. The van der Waals surface area contributed by atoms with E-state index in [4.69, 9.17) is 4.74 Å². The van der Waals surface area contributed by atoms with Gasteiger partial charge in [0.25, 0.3) is 0 Å². The molecule has 4 rings (SSSR count). The number of carbonyl (C=O) groups excluding carboxylic acids is 1. The number of morpholine rings is 1. The molecule has 0 saturated carbocycles. The molecule has 0 unspecified atom stereocenters. The molecule has 124 valence electrons. The number of nitrogens with zero attached hydrogens (tertiary/aromatic N) is 4. The van der Waals surface area contributed by atoms with Crippen molar-refractivity contribution < 1.29 is 9.53 Å². The number of amides is 2. The number of fused-ring (bicyclic) bond motifs is 1. The molecular weight excluding hydrogens is 292 g/mol. The molecule has 3 fully saturated rings. The van der Waals surface area contributed by atoms with Crippen LogP contribution in [0.5, 0.6) is 0 Å². The molecule has 23 heavy (non-hydrogen) atoms. The molecule has 6 nitrogen and oxygen atoms in total. The normalized spacial score (nSPS) is 28.2. The van der Waals surface area contributed by atoms with E-state index in [0.29, 0.717) is 25.0 Å². The molecular formula is C17H24N4O2. The molecule has 6 heteroatoms. The quantitative estimate of drug-likeness (QED) is 0.813. The van der Waals surface area contributed by atoms with Crippen molar-refractivity contribution in [2.75, 3.05) is 52.5 Å². The monoisotopic (exact) mass is 316 g/mol.